The number of nitrogens with zero attached hydrogens (tertiary/aromatic N) is 2. The molecule has 1 N–H and O–H groups in total. The topological polar surface area (TPSA) is 66.4 Å². The maximum Gasteiger partial charge on any atom is 0.276 e. The number of hydrogen-bond acceptors (Lipinski definition) is 3. The van der Waals surface area contributed by atoms with Crippen molar-refractivity contribution in [1.82, 2.24) is 0 Å². The quantitative estimate of drug-likeness (QED) is 0.443. The number of para-hydroxylation sites is 1. The Balaban J connectivity index is 1.88. The van der Waals surface area contributed by atoms with Crippen LogP contribution in [0.25, 0.3) is 6.08 Å². The third kappa shape index (κ3) is 3.29. The fourth-order valence-corrected chi connectivity index (χ4v) is 4.36. The van der Waals surface area contributed by atoms with Crippen LogP contribution >= 0.6 is 0 Å². The molecule has 0 radical (unpaired) electrons. The first-order valence-corrected chi connectivity index (χ1v) is 9.62. The van der Waals surface area contributed by atoms with Gasteiger partial charge < -0.3 is 5.11 Å². The number of phenolic OH excluding ortho intramolecular Hbond substituents is 1. The standard InChI is InChI=1S/C24H22N2O3/c1-24(2)20-10-6-7-11-22(20)25(18-8-4-3-5-9-18)23(24)15-12-17-16-19(27)13-14-21(17)26(28)29/h3-16,20,22H,1-2H3/p+1/b15-12+. The predicted octanol–water partition coefficient (Wildman–Crippen LogP) is 5.25. The van der Waals surface area contributed by atoms with Crippen LogP contribution in [0.1, 0.15) is 19.4 Å². The molecule has 1 aliphatic carbocycles. The number of fused-ring (bicyclic) bond motifs is 1. The molecule has 0 saturated heterocycles. The lowest BCUT2D eigenvalue weighted by atomic mass is 9.73. The van der Waals surface area contributed by atoms with Crippen LogP contribution in [0.15, 0.2) is 78.9 Å². The van der Waals surface area contributed by atoms with Crippen molar-refractivity contribution in [1.29, 1.82) is 0 Å². The molecule has 0 spiro atoms. The monoisotopic (exact) mass is 387 g/mol. The van der Waals surface area contributed by atoms with E-state index in [-0.39, 0.29) is 28.8 Å². The van der Waals surface area contributed by atoms with Crippen LogP contribution in [0.5, 0.6) is 5.75 Å². The van der Waals surface area contributed by atoms with Gasteiger partial charge in [0.05, 0.1) is 21.8 Å². The third-order valence-corrected chi connectivity index (χ3v) is 5.82. The summed E-state index contributed by atoms with van der Waals surface area (Å²) in [5, 5.41) is 21.2. The molecule has 1 heterocycles. The van der Waals surface area contributed by atoms with Gasteiger partial charge in [0.2, 0.25) is 5.69 Å². The molecule has 0 aromatic heterocycles. The van der Waals surface area contributed by atoms with Crippen molar-refractivity contribution < 1.29 is 14.6 Å². The predicted molar refractivity (Wildman–Crippen MR) is 115 cm³/mol. The molecule has 2 aliphatic rings. The highest BCUT2D eigenvalue weighted by molar-refractivity contribution is 6.01. The van der Waals surface area contributed by atoms with E-state index in [1.54, 1.807) is 6.08 Å². The Morgan fingerprint density at radius 2 is 1.79 bits per heavy atom. The fraction of sp³-hybridized carbons (Fsp3) is 0.208. The van der Waals surface area contributed by atoms with E-state index in [2.05, 4.69) is 54.9 Å². The molecule has 0 saturated carbocycles. The van der Waals surface area contributed by atoms with Crippen molar-refractivity contribution in [2.24, 2.45) is 11.3 Å². The van der Waals surface area contributed by atoms with Crippen molar-refractivity contribution in [3.8, 4) is 5.75 Å². The number of nitro groups is 1. The summed E-state index contributed by atoms with van der Waals surface area (Å²) >= 11 is 0. The van der Waals surface area contributed by atoms with Crippen molar-refractivity contribution in [3.05, 3.63) is 94.6 Å². The third-order valence-electron chi connectivity index (χ3n) is 5.82. The average Bonchev–Trinajstić information content (AvgIpc) is 2.94. The fourth-order valence-electron chi connectivity index (χ4n) is 4.36. The second kappa shape index (κ2) is 7.17. The molecule has 2 unspecified atom stereocenters. The molecule has 0 amide bonds. The van der Waals surface area contributed by atoms with E-state index in [4.69, 9.17) is 0 Å². The number of hydrogen-bond donors (Lipinski definition) is 1. The maximum absolute atomic E-state index is 11.4. The first-order valence-electron chi connectivity index (χ1n) is 9.62. The second-order valence-corrected chi connectivity index (χ2v) is 7.93. The van der Waals surface area contributed by atoms with Crippen LogP contribution in [-0.4, -0.2) is 26.4 Å². The lowest BCUT2D eigenvalue weighted by Gasteiger charge is -2.23. The van der Waals surface area contributed by atoms with Gasteiger partial charge in [0.15, 0.2) is 11.8 Å². The largest absolute Gasteiger partial charge is 0.508 e. The van der Waals surface area contributed by atoms with Gasteiger partial charge in [0, 0.05) is 24.3 Å². The number of nitro benzene ring substituents is 1. The first kappa shape index (κ1) is 18.9. The van der Waals surface area contributed by atoms with E-state index in [0.29, 0.717) is 5.56 Å². The van der Waals surface area contributed by atoms with Gasteiger partial charge in [-0.05, 0) is 38.1 Å². The van der Waals surface area contributed by atoms with Gasteiger partial charge in [-0.15, -0.1) is 0 Å². The molecule has 2 aromatic rings. The molecular formula is C24H23N2O3+. The van der Waals surface area contributed by atoms with Gasteiger partial charge >= 0.3 is 0 Å². The van der Waals surface area contributed by atoms with Crippen LogP contribution < -0.4 is 0 Å². The first-order chi connectivity index (χ1) is 13.9. The zero-order valence-electron chi connectivity index (χ0n) is 16.4. The minimum Gasteiger partial charge on any atom is -0.508 e. The Kier molecular flexibility index (Phi) is 4.66. The molecule has 146 valence electrons. The summed E-state index contributed by atoms with van der Waals surface area (Å²) in [5.74, 6) is 0.289. The van der Waals surface area contributed by atoms with Gasteiger partial charge in [-0.2, -0.15) is 4.58 Å². The van der Waals surface area contributed by atoms with Gasteiger partial charge in [-0.3, -0.25) is 10.1 Å². The number of allylic oxidation sites excluding steroid dienone is 3. The summed E-state index contributed by atoms with van der Waals surface area (Å²) in [6.45, 7) is 4.40. The summed E-state index contributed by atoms with van der Waals surface area (Å²) in [5.41, 5.74) is 2.33. The van der Waals surface area contributed by atoms with Gasteiger partial charge in [0.25, 0.3) is 5.69 Å². The molecule has 0 bridgehead atoms. The smallest absolute Gasteiger partial charge is 0.276 e. The second-order valence-electron chi connectivity index (χ2n) is 7.93. The number of aromatic hydroxyl groups is 1. The Bertz CT molecular complexity index is 1080. The molecule has 0 fully saturated rings. The van der Waals surface area contributed by atoms with Crippen molar-refractivity contribution >= 4 is 23.2 Å². The maximum atomic E-state index is 11.4. The van der Waals surface area contributed by atoms with Crippen LogP contribution in [0, 0.1) is 21.4 Å². The van der Waals surface area contributed by atoms with Crippen LogP contribution in [0.2, 0.25) is 0 Å². The lowest BCUT2D eigenvalue weighted by Crippen LogP contribution is -2.30. The van der Waals surface area contributed by atoms with Crippen LogP contribution in [-0.2, 0) is 0 Å². The molecule has 5 heteroatoms. The average molecular weight is 387 g/mol. The lowest BCUT2D eigenvalue weighted by molar-refractivity contribution is -0.466. The Hall–Kier alpha value is -3.47. The Morgan fingerprint density at radius 1 is 1.07 bits per heavy atom. The normalized spacial score (nSPS) is 22.3. The summed E-state index contributed by atoms with van der Waals surface area (Å²) in [6.07, 6.45) is 12.3. The molecule has 5 nitrogen and oxygen atoms in total. The van der Waals surface area contributed by atoms with Gasteiger partial charge in [-0.1, -0.05) is 36.4 Å². The minimum absolute atomic E-state index is 0.00498. The summed E-state index contributed by atoms with van der Waals surface area (Å²) < 4.78 is 2.30. The molecule has 2 aromatic carbocycles. The molecule has 4 rings (SSSR count). The van der Waals surface area contributed by atoms with E-state index in [1.807, 2.05) is 24.3 Å². The van der Waals surface area contributed by atoms with E-state index in [9.17, 15) is 15.2 Å². The highest BCUT2D eigenvalue weighted by Crippen LogP contribution is 2.44. The molecule has 2 atom stereocenters. The Morgan fingerprint density at radius 3 is 2.52 bits per heavy atom. The van der Waals surface area contributed by atoms with Crippen molar-refractivity contribution in [2.75, 3.05) is 0 Å². The molecule has 1 aliphatic heterocycles. The zero-order valence-corrected chi connectivity index (χ0v) is 16.4. The van der Waals surface area contributed by atoms with Gasteiger partial charge in [0.1, 0.15) is 5.75 Å². The van der Waals surface area contributed by atoms with Crippen molar-refractivity contribution in [2.45, 2.75) is 19.9 Å². The Labute approximate surface area is 169 Å². The van der Waals surface area contributed by atoms with Gasteiger partial charge in [-0.25, -0.2) is 0 Å². The molecular weight excluding hydrogens is 364 g/mol. The zero-order chi connectivity index (χ0) is 20.6. The van der Waals surface area contributed by atoms with Crippen LogP contribution in [0.4, 0.5) is 11.4 Å². The summed E-state index contributed by atoms with van der Waals surface area (Å²) in [4.78, 5) is 11.0. The highest BCUT2D eigenvalue weighted by Gasteiger charge is 2.53. The van der Waals surface area contributed by atoms with E-state index in [1.165, 1.54) is 18.2 Å². The SMILES string of the molecule is CC1(C)C(/C=C/c2cc(O)ccc2[N+](=O)[O-])=[N+](c2ccccc2)C2C=CC=CC21. The van der Waals surface area contributed by atoms with Crippen molar-refractivity contribution in [3.63, 3.8) is 0 Å². The summed E-state index contributed by atoms with van der Waals surface area (Å²) in [6, 6.07) is 14.4. The summed E-state index contributed by atoms with van der Waals surface area (Å²) in [7, 11) is 0. The van der Waals surface area contributed by atoms with E-state index >= 15 is 0 Å². The number of benzene rings is 2. The molecule has 29 heavy (non-hydrogen) atoms. The highest BCUT2D eigenvalue weighted by atomic mass is 16.6. The van der Waals surface area contributed by atoms with E-state index in [0.717, 1.165) is 11.4 Å². The van der Waals surface area contributed by atoms with Crippen LogP contribution in [0.3, 0.4) is 0 Å². The minimum atomic E-state index is -0.427. The van der Waals surface area contributed by atoms with E-state index < -0.39 is 4.92 Å². The number of rotatable bonds is 4. The number of phenols is 1.